The summed E-state index contributed by atoms with van der Waals surface area (Å²) in [5, 5.41) is 0. The first-order chi connectivity index (χ1) is 11.5. The number of halogens is 3. The minimum atomic E-state index is -5.70. The highest BCUT2D eigenvalue weighted by atomic mass is 32.3. The normalized spacial score (nSPS) is 13.8. The van der Waals surface area contributed by atoms with Crippen molar-refractivity contribution in [2.75, 3.05) is 17.3 Å². The fourth-order valence-electron chi connectivity index (χ4n) is 2.32. The van der Waals surface area contributed by atoms with Gasteiger partial charge in [0.15, 0.2) is 0 Å². The Morgan fingerprint density at radius 1 is 0.880 bits per heavy atom. The van der Waals surface area contributed by atoms with Crippen molar-refractivity contribution in [1.82, 2.24) is 0 Å². The highest BCUT2D eigenvalue weighted by Crippen LogP contribution is 2.54. The van der Waals surface area contributed by atoms with Crippen molar-refractivity contribution in [1.29, 1.82) is 0 Å². The lowest BCUT2D eigenvalue weighted by atomic mass is 10.2. The molecule has 0 saturated heterocycles. The maximum absolute atomic E-state index is 12.8. The fraction of sp³-hybridized carbons (Fsp3) is 0.938. The second kappa shape index (κ2) is 11.4. The SMILES string of the molecule is CCCCCC(=O)CS(CCCC)(CCCC)OS(=O)(=O)C(F)(F)F. The Morgan fingerprint density at radius 3 is 1.76 bits per heavy atom. The second-order valence-electron chi connectivity index (χ2n) is 6.19. The third-order valence-electron chi connectivity index (χ3n) is 3.74. The van der Waals surface area contributed by atoms with Crippen LogP contribution in [0.15, 0.2) is 0 Å². The van der Waals surface area contributed by atoms with E-state index in [0.717, 1.165) is 12.8 Å². The first kappa shape index (κ1) is 24.7. The molecule has 0 fully saturated rings. The number of rotatable bonds is 14. The molecule has 0 aromatic carbocycles. The summed E-state index contributed by atoms with van der Waals surface area (Å²) < 4.78 is 66.4. The van der Waals surface area contributed by atoms with Crippen LogP contribution in [0, 0.1) is 0 Å². The average Bonchev–Trinajstić information content (AvgIpc) is 2.49. The van der Waals surface area contributed by atoms with Crippen LogP contribution in [-0.4, -0.2) is 37.0 Å². The van der Waals surface area contributed by atoms with E-state index in [1.165, 1.54) is 0 Å². The van der Waals surface area contributed by atoms with Gasteiger partial charge in [0.1, 0.15) is 5.78 Å². The number of Topliss-reactive ketones (excluding diaryl/α,β-unsaturated/α-hetero) is 1. The van der Waals surface area contributed by atoms with Gasteiger partial charge in [-0.05, 0) is 19.3 Å². The van der Waals surface area contributed by atoms with Gasteiger partial charge >= 0.3 is 15.6 Å². The minimum absolute atomic E-state index is 0.201. The van der Waals surface area contributed by atoms with Gasteiger partial charge in [-0.25, -0.2) is 3.63 Å². The third kappa shape index (κ3) is 9.28. The molecule has 0 spiro atoms. The van der Waals surface area contributed by atoms with Gasteiger partial charge in [0.05, 0.1) is 5.75 Å². The fourth-order valence-corrected chi connectivity index (χ4v) is 7.74. The molecule has 9 heteroatoms. The number of carbonyl (C=O) groups excluding carboxylic acids is 1. The van der Waals surface area contributed by atoms with Crippen LogP contribution in [-0.2, 0) is 18.5 Å². The van der Waals surface area contributed by atoms with Crippen LogP contribution in [0.1, 0.15) is 72.1 Å². The van der Waals surface area contributed by atoms with Crippen molar-refractivity contribution < 1.29 is 30.0 Å². The minimum Gasteiger partial charge on any atom is -0.299 e. The van der Waals surface area contributed by atoms with Crippen molar-refractivity contribution >= 4 is 26.2 Å². The van der Waals surface area contributed by atoms with Gasteiger partial charge < -0.3 is 0 Å². The van der Waals surface area contributed by atoms with Gasteiger partial charge in [-0.3, -0.25) is 4.79 Å². The molecule has 0 rings (SSSR count). The summed E-state index contributed by atoms with van der Waals surface area (Å²) in [6.45, 7) is 5.72. The number of alkyl halides is 3. The molecule has 0 atom stereocenters. The molecule has 0 amide bonds. The van der Waals surface area contributed by atoms with Crippen LogP contribution in [0.2, 0.25) is 0 Å². The zero-order valence-corrected chi connectivity index (χ0v) is 17.0. The molecule has 0 unspecified atom stereocenters. The van der Waals surface area contributed by atoms with Crippen molar-refractivity contribution in [3.63, 3.8) is 0 Å². The Kier molecular flexibility index (Phi) is 11.3. The molecule has 0 saturated carbocycles. The van der Waals surface area contributed by atoms with E-state index >= 15 is 0 Å². The molecule has 0 radical (unpaired) electrons. The summed E-state index contributed by atoms with van der Waals surface area (Å²) in [7, 11) is -8.36. The molecule has 152 valence electrons. The zero-order valence-electron chi connectivity index (χ0n) is 15.4. The number of unbranched alkanes of at least 4 members (excludes halogenated alkanes) is 4. The van der Waals surface area contributed by atoms with E-state index < -0.39 is 25.9 Å². The first-order valence-corrected chi connectivity index (χ1v) is 12.3. The van der Waals surface area contributed by atoms with Crippen LogP contribution in [0.4, 0.5) is 13.2 Å². The summed E-state index contributed by atoms with van der Waals surface area (Å²) in [5.41, 5.74) is -5.46. The molecule has 0 bridgehead atoms. The topological polar surface area (TPSA) is 60.4 Å². The highest BCUT2D eigenvalue weighted by Gasteiger charge is 2.51. The van der Waals surface area contributed by atoms with Gasteiger partial charge in [-0.1, -0.05) is 46.5 Å². The predicted molar refractivity (Wildman–Crippen MR) is 97.2 cm³/mol. The lowest BCUT2D eigenvalue weighted by molar-refractivity contribution is -0.116. The zero-order chi connectivity index (χ0) is 19.6. The van der Waals surface area contributed by atoms with Gasteiger partial charge in [-0.15, -0.1) is 10.3 Å². The Bertz CT molecular complexity index is 482. The summed E-state index contributed by atoms with van der Waals surface area (Å²) in [6.07, 6.45) is 5.17. The molecule has 0 aromatic rings. The number of hydrogen-bond acceptors (Lipinski definition) is 4. The molecule has 0 N–H and O–H groups in total. The molecule has 0 aliphatic heterocycles. The van der Waals surface area contributed by atoms with Gasteiger partial charge in [0.25, 0.3) is 0 Å². The van der Waals surface area contributed by atoms with E-state index in [2.05, 4.69) is 0 Å². The monoisotopic (exact) mass is 408 g/mol. The Balaban J connectivity index is 5.44. The van der Waals surface area contributed by atoms with Crippen LogP contribution in [0.25, 0.3) is 0 Å². The van der Waals surface area contributed by atoms with Crippen LogP contribution < -0.4 is 0 Å². The van der Waals surface area contributed by atoms with Gasteiger partial charge in [-0.2, -0.15) is 21.6 Å². The summed E-state index contributed by atoms with van der Waals surface area (Å²) >= 11 is 0. The average molecular weight is 409 g/mol. The van der Waals surface area contributed by atoms with E-state index in [1.807, 2.05) is 20.8 Å². The Morgan fingerprint density at radius 2 is 1.36 bits per heavy atom. The summed E-state index contributed by atoms with van der Waals surface area (Å²) in [6, 6.07) is 0. The maximum Gasteiger partial charge on any atom is 0.523 e. The standard InChI is InChI=1S/C16H31F3O4S2/c1-4-7-10-11-15(20)14-24(12-8-5-2,13-9-6-3)23-25(21,22)16(17,18)19/h4-14H2,1-3H3. The molecule has 0 aliphatic carbocycles. The first-order valence-electron chi connectivity index (χ1n) is 8.84. The Labute approximate surface area is 151 Å². The molecule has 0 aliphatic rings. The van der Waals surface area contributed by atoms with E-state index in [4.69, 9.17) is 3.63 Å². The van der Waals surface area contributed by atoms with E-state index in [1.54, 1.807) is 0 Å². The summed E-state index contributed by atoms with van der Waals surface area (Å²) in [5.74, 6) is 0.0101. The molecule has 25 heavy (non-hydrogen) atoms. The van der Waals surface area contributed by atoms with Crippen molar-refractivity contribution in [3.05, 3.63) is 0 Å². The number of carbonyl (C=O) groups is 1. The third-order valence-corrected chi connectivity index (χ3v) is 9.09. The molecule has 0 heterocycles. The van der Waals surface area contributed by atoms with Crippen LogP contribution in [0.3, 0.4) is 0 Å². The van der Waals surface area contributed by atoms with E-state index in [9.17, 15) is 26.4 Å². The highest BCUT2D eigenvalue weighted by molar-refractivity contribution is 8.33. The maximum atomic E-state index is 12.8. The molecule has 4 nitrogen and oxygen atoms in total. The van der Waals surface area contributed by atoms with Gasteiger partial charge in [0, 0.05) is 17.9 Å². The number of hydrogen-bond donors (Lipinski definition) is 0. The van der Waals surface area contributed by atoms with Crippen LogP contribution in [0.5, 0.6) is 0 Å². The molecular weight excluding hydrogens is 377 g/mol. The number of ketones is 1. The predicted octanol–water partition coefficient (Wildman–Crippen LogP) is 5.32. The second-order valence-corrected chi connectivity index (χ2v) is 11.1. The molecule has 0 aromatic heterocycles. The van der Waals surface area contributed by atoms with E-state index in [0.29, 0.717) is 32.1 Å². The Hall–Kier alpha value is -0.280. The van der Waals surface area contributed by atoms with Gasteiger partial charge in [0.2, 0.25) is 0 Å². The van der Waals surface area contributed by atoms with Crippen molar-refractivity contribution in [2.24, 2.45) is 0 Å². The quantitative estimate of drug-likeness (QED) is 0.288. The smallest absolute Gasteiger partial charge is 0.299 e. The van der Waals surface area contributed by atoms with Crippen LogP contribution >= 0.6 is 10.3 Å². The lowest BCUT2D eigenvalue weighted by Crippen LogP contribution is -2.31. The van der Waals surface area contributed by atoms with E-state index in [-0.39, 0.29) is 29.5 Å². The van der Waals surface area contributed by atoms with Crippen molar-refractivity contribution in [2.45, 2.75) is 77.6 Å². The molecular formula is C16H31F3O4S2. The largest absolute Gasteiger partial charge is 0.523 e. The summed E-state index contributed by atoms with van der Waals surface area (Å²) in [4.78, 5) is 12.3. The van der Waals surface area contributed by atoms with Crippen molar-refractivity contribution in [3.8, 4) is 0 Å². The lowest BCUT2D eigenvalue weighted by Gasteiger charge is -2.38.